The van der Waals surface area contributed by atoms with Crippen LogP contribution in [0.3, 0.4) is 0 Å². The summed E-state index contributed by atoms with van der Waals surface area (Å²) in [5, 5.41) is 12.6. The van der Waals surface area contributed by atoms with Gasteiger partial charge in [0.2, 0.25) is 0 Å². The zero-order valence-electron chi connectivity index (χ0n) is 10.6. The van der Waals surface area contributed by atoms with E-state index in [1.165, 1.54) is 11.3 Å². The molecule has 0 saturated carbocycles. The normalized spacial score (nSPS) is 14.6. The number of aliphatic hydroxyl groups is 1. The Morgan fingerprint density at radius 2 is 1.88 bits per heavy atom. The first-order chi connectivity index (χ1) is 7.52. The highest BCUT2D eigenvalue weighted by atomic mass is 16.3. The van der Waals surface area contributed by atoms with Crippen molar-refractivity contribution in [1.29, 1.82) is 0 Å². The summed E-state index contributed by atoms with van der Waals surface area (Å²) >= 11 is 0. The molecule has 0 saturated heterocycles. The lowest BCUT2D eigenvalue weighted by Gasteiger charge is -2.22. The molecular weight excluding hydrogens is 200 g/mol. The lowest BCUT2D eigenvalue weighted by atomic mass is 10.1. The Morgan fingerprint density at radius 1 is 1.25 bits per heavy atom. The average Bonchev–Trinajstić information content (AvgIpc) is 2.25. The van der Waals surface area contributed by atoms with Crippen molar-refractivity contribution >= 4 is 5.69 Å². The van der Waals surface area contributed by atoms with E-state index in [4.69, 9.17) is 0 Å². The summed E-state index contributed by atoms with van der Waals surface area (Å²) in [6.07, 6.45) is -0.311. The number of nitrogens with zero attached hydrogens (tertiary/aromatic N) is 1. The largest absolute Gasteiger partial charge is 0.392 e. The lowest BCUT2D eigenvalue weighted by molar-refractivity contribution is 0.187. The van der Waals surface area contributed by atoms with Crippen molar-refractivity contribution < 1.29 is 5.11 Å². The number of hydrogen-bond acceptors (Lipinski definition) is 3. The molecule has 0 amide bonds. The zero-order valence-corrected chi connectivity index (χ0v) is 10.6. The molecule has 2 atom stereocenters. The maximum absolute atomic E-state index is 9.25. The van der Waals surface area contributed by atoms with Gasteiger partial charge < -0.3 is 15.3 Å². The van der Waals surface area contributed by atoms with E-state index in [1.54, 1.807) is 6.92 Å². The summed E-state index contributed by atoms with van der Waals surface area (Å²) in [5.41, 5.74) is 2.47. The van der Waals surface area contributed by atoms with E-state index in [0.717, 1.165) is 0 Å². The molecule has 1 unspecified atom stereocenters. The molecule has 0 heterocycles. The predicted molar refractivity (Wildman–Crippen MR) is 68.9 cm³/mol. The lowest BCUT2D eigenvalue weighted by Crippen LogP contribution is -2.28. The second-order valence-electron chi connectivity index (χ2n) is 4.43. The van der Waals surface area contributed by atoms with E-state index in [2.05, 4.69) is 29.3 Å². The van der Waals surface area contributed by atoms with Crippen molar-refractivity contribution in [1.82, 2.24) is 5.32 Å². The molecule has 0 aliphatic rings. The van der Waals surface area contributed by atoms with Gasteiger partial charge in [-0.1, -0.05) is 18.2 Å². The van der Waals surface area contributed by atoms with Crippen LogP contribution in [0.5, 0.6) is 0 Å². The summed E-state index contributed by atoms with van der Waals surface area (Å²) in [4.78, 5) is 2.11. The van der Waals surface area contributed by atoms with Crippen LogP contribution in [0.4, 0.5) is 5.69 Å². The van der Waals surface area contributed by atoms with Crippen LogP contribution in [-0.2, 0) is 0 Å². The monoisotopic (exact) mass is 222 g/mol. The average molecular weight is 222 g/mol. The number of benzene rings is 1. The van der Waals surface area contributed by atoms with Gasteiger partial charge in [-0.05, 0) is 25.5 Å². The summed E-state index contributed by atoms with van der Waals surface area (Å²) in [5.74, 6) is 0. The Labute approximate surface area is 98.1 Å². The Kier molecular flexibility index (Phi) is 4.77. The first-order valence-electron chi connectivity index (χ1n) is 5.70. The van der Waals surface area contributed by atoms with Gasteiger partial charge in [0.05, 0.1) is 6.10 Å². The summed E-state index contributed by atoms with van der Waals surface area (Å²) in [6.45, 7) is 4.52. The molecule has 0 spiro atoms. The van der Waals surface area contributed by atoms with Crippen LogP contribution >= 0.6 is 0 Å². The summed E-state index contributed by atoms with van der Waals surface area (Å²) in [7, 11) is 4.08. The molecule has 0 fully saturated rings. The fourth-order valence-electron chi connectivity index (χ4n) is 1.72. The number of rotatable bonds is 5. The Balaban J connectivity index is 2.77. The van der Waals surface area contributed by atoms with Crippen molar-refractivity contribution in [2.45, 2.75) is 26.0 Å². The van der Waals surface area contributed by atoms with Crippen LogP contribution in [0.2, 0.25) is 0 Å². The molecule has 0 aliphatic heterocycles. The van der Waals surface area contributed by atoms with E-state index >= 15 is 0 Å². The van der Waals surface area contributed by atoms with E-state index in [0.29, 0.717) is 6.54 Å². The van der Waals surface area contributed by atoms with Gasteiger partial charge in [-0.25, -0.2) is 0 Å². The van der Waals surface area contributed by atoms with E-state index in [1.807, 2.05) is 26.2 Å². The summed E-state index contributed by atoms with van der Waals surface area (Å²) in [6, 6.07) is 8.56. The molecule has 90 valence electrons. The van der Waals surface area contributed by atoms with Crippen LogP contribution < -0.4 is 10.2 Å². The number of aliphatic hydroxyl groups excluding tert-OH is 1. The second-order valence-corrected chi connectivity index (χ2v) is 4.43. The first-order valence-corrected chi connectivity index (χ1v) is 5.70. The molecule has 0 bridgehead atoms. The minimum atomic E-state index is -0.311. The molecule has 0 aromatic heterocycles. The van der Waals surface area contributed by atoms with Gasteiger partial charge in [-0.2, -0.15) is 0 Å². The summed E-state index contributed by atoms with van der Waals surface area (Å²) < 4.78 is 0. The highest BCUT2D eigenvalue weighted by Gasteiger charge is 2.11. The standard InChI is InChI=1S/C13H22N2O/c1-10(16)9-14-11(2)12-7-5-6-8-13(12)15(3)4/h5-8,10-11,14,16H,9H2,1-4H3/t10-,11?/m1/s1. The van der Waals surface area contributed by atoms with Crippen molar-refractivity contribution in [3.63, 3.8) is 0 Å². The molecule has 1 aromatic carbocycles. The highest BCUT2D eigenvalue weighted by Crippen LogP contribution is 2.24. The second kappa shape index (κ2) is 5.87. The van der Waals surface area contributed by atoms with Gasteiger partial charge in [0.15, 0.2) is 0 Å². The van der Waals surface area contributed by atoms with Gasteiger partial charge in [-0.15, -0.1) is 0 Å². The Bertz CT molecular complexity index is 323. The zero-order chi connectivity index (χ0) is 12.1. The first kappa shape index (κ1) is 13.0. The molecule has 3 heteroatoms. The van der Waals surface area contributed by atoms with Crippen molar-refractivity contribution in [2.75, 3.05) is 25.5 Å². The van der Waals surface area contributed by atoms with Gasteiger partial charge in [0.1, 0.15) is 0 Å². The Morgan fingerprint density at radius 3 is 2.44 bits per heavy atom. The number of hydrogen-bond donors (Lipinski definition) is 2. The fourth-order valence-corrected chi connectivity index (χ4v) is 1.72. The number of nitrogens with one attached hydrogen (secondary N) is 1. The molecule has 3 nitrogen and oxygen atoms in total. The van der Waals surface area contributed by atoms with Crippen molar-refractivity contribution in [2.24, 2.45) is 0 Å². The van der Waals surface area contributed by atoms with Crippen LogP contribution in [-0.4, -0.2) is 31.9 Å². The van der Waals surface area contributed by atoms with Crippen LogP contribution in [0.15, 0.2) is 24.3 Å². The maximum atomic E-state index is 9.25. The van der Waals surface area contributed by atoms with Gasteiger partial charge >= 0.3 is 0 Å². The van der Waals surface area contributed by atoms with Crippen molar-refractivity contribution in [3.8, 4) is 0 Å². The molecule has 1 aromatic rings. The SMILES string of the molecule is CC(NC[C@@H](C)O)c1ccccc1N(C)C. The van der Waals surface area contributed by atoms with Crippen LogP contribution in [0.1, 0.15) is 25.5 Å². The maximum Gasteiger partial charge on any atom is 0.0636 e. The molecule has 0 aliphatic carbocycles. The smallest absolute Gasteiger partial charge is 0.0636 e. The number of anilines is 1. The van der Waals surface area contributed by atoms with Crippen LogP contribution in [0.25, 0.3) is 0 Å². The molecule has 2 N–H and O–H groups in total. The number of para-hydroxylation sites is 1. The van der Waals surface area contributed by atoms with Gasteiger partial charge in [0, 0.05) is 32.4 Å². The third kappa shape index (κ3) is 3.51. The third-order valence-electron chi connectivity index (χ3n) is 2.60. The Hall–Kier alpha value is -1.06. The minimum Gasteiger partial charge on any atom is -0.392 e. The van der Waals surface area contributed by atoms with Crippen molar-refractivity contribution in [3.05, 3.63) is 29.8 Å². The minimum absolute atomic E-state index is 0.244. The van der Waals surface area contributed by atoms with Gasteiger partial charge in [-0.3, -0.25) is 0 Å². The highest BCUT2D eigenvalue weighted by molar-refractivity contribution is 5.53. The fraction of sp³-hybridized carbons (Fsp3) is 0.538. The molecule has 1 rings (SSSR count). The predicted octanol–water partition coefficient (Wildman–Crippen LogP) is 1.78. The quantitative estimate of drug-likeness (QED) is 0.797. The van der Waals surface area contributed by atoms with Gasteiger partial charge in [0.25, 0.3) is 0 Å². The molecule has 0 radical (unpaired) electrons. The molecule has 16 heavy (non-hydrogen) atoms. The van der Waals surface area contributed by atoms with E-state index < -0.39 is 0 Å². The molecular formula is C13H22N2O. The topological polar surface area (TPSA) is 35.5 Å². The van der Waals surface area contributed by atoms with E-state index in [9.17, 15) is 5.11 Å². The van der Waals surface area contributed by atoms with E-state index in [-0.39, 0.29) is 12.1 Å². The third-order valence-corrected chi connectivity index (χ3v) is 2.60. The van der Waals surface area contributed by atoms with Crippen LogP contribution in [0, 0.1) is 0 Å².